The number of aromatic nitrogens is 5. The van der Waals surface area contributed by atoms with Crippen LogP contribution >= 0.6 is 11.6 Å². The zero-order chi connectivity index (χ0) is 21.3. The van der Waals surface area contributed by atoms with Gasteiger partial charge in [-0.1, -0.05) is 17.7 Å². The van der Waals surface area contributed by atoms with Crippen LogP contribution < -0.4 is 10.6 Å². The number of fused-ring (bicyclic) bond motifs is 1. The van der Waals surface area contributed by atoms with E-state index in [1.807, 2.05) is 0 Å². The van der Waals surface area contributed by atoms with Crippen molar-refractivity contribution >= 4 is 40.0 Å². The Morgan fingerprint density at radius 2 is 2.00 bits per heavy atom. The van der Waals surface area contributed by atoms with Crippen molar-refractivity contribution in [3.8, 4) is 11.8 Å². The molecule has 0 bridgehead atoms. The summed E-state index contributed by atoms with van der Waals surface area (Å²) in [6, 6.07) is 10.4. The van der Waals surface area contributed by atoms with E-state index in [2.05, 4.69) is 36.8 Å². The fraction of sp³-hybridized carbons (Fsp3) is 0.0556. The number of rotatable bonds is 4. The predicted octanol–water partition coefficient (Wildman–Crippen LogP) is 3.52. The Morgan fingerprint density at radius 3 is 2.85 bits per heavy atom. The maximum Gasteiger partial charge on any atom is 0.137 e. The summed E-state index contributed by atoms with van der Waals surface area (Å²) in [7, 11) is 0. The lowest BCUT2D eigenvalue weighted by Gasteiger charge is -2.09. The molecule has 4 aromatic rings. The molecule has 0 aliphatic heterocycles. The van der Waals surface area contributed by atoms with E-state index in [4.69, 9.17) is 15.7 Å². The number of hydrogen-bond donors (Lipinski definition) is 2. The Balaban J connectivity index is 1.71. The lowest BCUT2D eigenvalue weighted by Crippen LogP contribution is -2.02. The predicted molar refractivity (Wildman–Crippen MR) is 103 cm³/mol. The van der Waals surface area contributed by atoms with Gasteiger partial charge in [-0.25, -0.2) is 19.6 Å². The molecule has 0 saturated heterocycles. The second kappa shape index (κ2) is 6.90. The number of para-hydroxylation sites is 1. The van der Waals surface area contributed by atoms with Crippen molar-refractivity contribution in [3.05, 3.63) is 59.6 Å². The van der Waals surface area contributed by atoms with Gasteiger partial charge in [0.25, 0.3) is 0 Å². The van der Waals surface area contributed by atoms with E-state index in [1.54, 1.807) is 41.3 Å². The molecule has 27 heavy (non-hydrogen) atoms. The third-order valence-corrected chi connectivity index (χ3v) is 4.13. The highest BCUT2D eigenvalue weighted by Crippen LogP contribution is 2.28. The first-order chi connectivity index (χ1) is 14.3. The molecular formula is C18H13ClN8. The fourth-order valence-corrected chi connectivity index (χ4v) is 2.87. The first-order valence-electron chi connectivity index (χ1n) is 9.24. The third-order valence-electron chi connectivity index (χ3n) is 3.82. The van der Waals surface area contributed by atoms with Crippen molar-refractivity contribution in [2.45, 2.75) is 0 Å². The van der Waals surface area contributed by atoms with Gasteiger partial charge in [-0.3, -0.25) is 0 Å². The van der Waals surface area contributed by atoms with Gasteiger partial charge in [-0.2, -0.15) is 10.4 Å². The van der Waals surface area contributed by atoms with Crippen LogP contribution in [0.3, 0.4) is 0 Å². The SMILES string of the molecule is [2H]C([2H])([2H])Nc1cc(Nc2cc3c(cn2)cnn3-c2c(Cl)cccc2C#N)ncn1. The summed E-state index contributed by atoms with van der Waals surface area (Å²) in [4.78, 5) is 12.3. The van der Waals surface area contributed by atoms with Crippen molar-refractivity contribution in [2.24, 2.45) is 0 Å². The summed E-state index contributed by atoms with van der Waals surface area (Å²) >= 11 is 6.33. The topological polar surface area (TPSA) is 104 Å². The smallest absolute Gasteiger partial charge is 0.137 e. The molecule has 0 radical (unpaired) electrons. The zero-order valence-corrected chi connectivity index (χ0v) is 14.4. The molecule has 0 amide bonds. The van der Waals surface area contributed by atoms with E-state index in [1.165, 1.54) is 12.4 Å². The highest BCUT2D eigenvalue weighted by molar-refractivity contribution is 6.32. The average Bonchev–Trinajstić information content (AvgIpc) is 3.09. The van der Waals surface area contributed by atoms with Gasteiger partial charge < -0.3 is 10.6 Å². The number of benzene rings is 1. The lowest BCUT2D eigenvalue weighted by molar-refractivity contribution is 0.907. The van der Waals surface area contributed by atoms with Gasteiger partial charge in [-0.15, -0.1) is 0 Å². The molecule has 1 aromatic carbocycles. The third kappa shape index (κ3) is 3.12. The number of nitrogens with zero attached hydrogens (tertiary/aromatic N) is 6. The minimum absolute atomic E-state index is 0.147. The largest absolute Gasteiger partial charge is 0.373 e. The summed E-state index contributed by atoms with van der Waals surface area (Å²) in [6.07, 6.45) is 4.48. The Kier molecular flexibility index (Phi) is 3.45. The summed E-state index contributed by atoms with van der Waals surface area (Å²) in [5, 5.41) is 20.2. The van der Waals surface area contributed by atoms with E-state index < -0.39 is 6.98 Å². The number of pyridine rings is 1. The van der Waals surface area contributed by atoms with E-state index in [0.717, 1.165) is 5.39 Å². The monoisotopic (exact) mass is 379 g/mol. The van der Waals surface area contributed by atoms with Crippen LogP contribution in [0.5, 0.6) is 0 Å². The van der Waals surface area contributed by atoms with Crippen molar-refractivity contribution < 1.29 is 4.11 Å². The first-order valence-corrected chi connectivity index (χ1v) is 8.12. The lowest BCUT2D eigenvalue weighted by atomic mass is 10.2. The average molecular weight is 380 g/mol. The van der Waals surface area contributed by atoms with Crippen molar-refractivity contribution in [1.82, 2.24) is 24.7 Å². The standard InChI is InChI=1S/C18H13ClN8/c1-21-15-6-17(24-10-23-15)26-16-5-14-12(8-22-16)9-25-27(14)18-11(7-20)3-2-4-13(18)19/h2-6,8-10H,1H3,(H2,21,22,23,24,26)/i1D3. The Bertz CT molecular complexity index is 1280. The minimum atomic E-state index is -2.37. The van der Waals surface area contributed by atoms with Gasteiger partial charge >= 0.3 is 0 Å². The number of halogens is 1. The molecule has 0 atom stereocenters. The quantitative estimate of drug-likeness (QED) is 0.558. The van der Waals surface area contributed by atoms with Crippen LogP contribution in [0.2, 0.25) is 5.02 Å². The number of nitrogens with one attached hydrogen (secondary N) is 2. The maximum absolute atomic E-state index is 9.44. The van der Waals surface area contributed by atoms with E-state index >= 15 is 0 Å². The summed E-state index contributed by atoms with van der Waals surface area (Å²) < 4.78 is 23.4. The normalized spacial score (nSPS) is 12.7. The van der Waals surface area contributed by atoms with Crippen molar-refractivity contribution in [2.75, 3.05) is 17.6 Å². The van der Waals surface area contributed by atoms with Crippen molar-refractivity contribution in [1.29, 1.82) is 5.26 Å². The molecule has 3 heterocycles. The molecule has 0 aliphatic rings. The van der Waals surface area contributed by atoms with Crippen LogP contribution in [0.15, 0.2) is 49.1 Å². The molecule has 0 saturated carbocycles. The summed E-state index contributed by atoms with van der Waals surface area (Å²) in [5.41, 5.74) is 1.53. The Labute approximate surface area is 163 Å². The summed E-state index contributed by atoms with van der Waals surface area (Å²) in [5.74, 6) is 0.937. The van der Waals surface area contributed by atoms with Crippen LogP contribution in [0.4, 0.5) is 17.5 Å². The number of hydrogen-bond acceptors (Lipinski definition) is 7. The molecule has 2 N–H and O–H groups in total. The number of nitriles is 1. The molecule has 8 nitrogen and oxygen atoms in total. The van der Waals surface area contributed by atoms with Crippen LogP contribution in [0.25, 0.3) is 16.6 Å². The van der Waals surface area contributed by atoms with Gasteiger partial charge in [0.15, 0.2) is 0 Å². The van der Waals surface area contributed by atoms with Gasteiger partial charge in [0.05, 0.1) is 22.3 Å². The maximum atomic E-state index is 9.44. The zero-order valence-electron chi connectivity index (χ0n) is 16.7. The van der Waals surface area contributed by atoms with Gasteiger partial charge in [0.1, 0.15) is 35.5 Å². The highest BCUT2D eigenvalue weighted by Gasteiger charge is 2.14. The molecule has 4 rings (SSSR count). The van der Waals surface area contributed by atoms with Crippen LogP contribution in [0.1, 0.15) is 9.68 Å². The molecule has 0 fully saturated rings. The van der Waals surface area contributed by atoms with Gasteiger partial charge in [0, 0.05) is 34.8 Å². The van der Waals surface area contributed by atoms with E-state index in [-0.39, 0.29) is 5.82 Å². The van der Waals surface area contributed by atoms with Crippen LogP contribution in [0, 0.1) is 11.3 Å². The van der Waals surface area contributed by atoms with E-state index in [9.17, 15) is 5.26 Å². The van der Waals surface area contributed by atoms with Gasteiger partial charge in [0.2, 0.25) is 0 Å². The minimum Gasteiger partial charge on any atom is -0.373 e. The molecule has 9 heteroatoms. The molecule has 0 unspecified atom stereocenters. The Morgan fingerprint density at radius 1 is 1.15 bits per heavy atom. The summed E-state index contributed by atoms with van der Waals surface area (Å²) in [6.45, 7) is -2.37. The number of anilines is 3. The molecule has 0 spiro atoms. The van der Waals surface area contributed by atoms with Crippen LogP contribution in [-0.2, 0) is 0 Å². The molecule has 132 valence electrons. The van der Waals surface area contributed by atoms with Crippen molar-refractivity contribution in [3.63, 3.8) is 0 Å². The first kappa shape index (κ1) is 13.5. The second-order valence-corrected chi connectivity index (χ2v) is 5.88. The Hall–Kier alpha value is -3.70. The van der Waals surface area contributed by atoms with E-state index in [0.29, 0.717) is 33.4 Å². The van der Waals surface area contributed by atoms with Crippen LogP contribution in [-0.4, -0.2) is 31.7 Å². The molecular weight excluding hydrogens is 364 g/mol. The fourth-order valence-electron chi connectivity index (χ4n) is 2.61. The molecule has 3 aromatic heterocycles. The molecule has 0 aliphatic carbocycles. The highest BCUT2D eigenvalue weighted by atomic mass is 35.5. The second-order valence-electron chi connectivity index (χ2n) is 5.47. The van der Waals surface area contributed by atoms with Gasteiger partial charge in [-0.05, 0) is 12.1 Å².